The smallest absolute Gasteiger partial charge is 0.108 e. The van der Waals surface area contributed by atoms with Crippen LogP contribution < -0.4 is 0 Å². The summed E-state index contributed by atoms with van der Waals surface area (Å²) in [6.07, 6.45) is 5.49. The zero-order valence-electron chi connectivity index (χ0n) is 13.5. The molecule has 1 atom stereocenters. The third kappa shape index (κ3) is 2.88. The summed E-state index contributed by atoms with van der Waals surface area (Å²) in [7, 11) is 0. The summed E-state index contributed by atoms with van der Waals surface area (Å²) in [5.74, 6) is 0.640. The maximum absolute atomic E-state index is 4.76. The zero-order valence-corrected chi connectivity index (χ0v) is 13.5. The van der Waals surface area contributed by atoms with Gasteiger partial charge in [-0.25, -0.2) is 4.63 Å². The van der Waals surface area contributed by atoms with Crippen molar-refractivity contribution in [3.63, 3.8) is 0 Å². The number of nitrogens with one attached hydrogen (secondary N) is 1. The van der Waals surface area contributed by atoms with Crippen LogP contribution in [-0.2, 0) is 6.42 Å². The number of hydrogen-bond acceptors (Lipinski definition) is 4. The van der Waals surface area contributed by atoms with E-state index in [1.165, 1.54) is 29.4 Å². The normalized spacial score (nSPS) is 18.9. The summed E-state index contributed by atoms with van der Waals surface area (Å²) in [5.41, 5.74) is 4.63. The maximum atomic E-state index is 4.76. The fourth-order valence-electron chi connectivity index (χ4n) is 3.67. The highest BCUT2D eigenvalue weighted by Gasteiger charge is 2.25. The zero-order chi connectivity index (χ0) is 15.6. The topological polar surface area (TPSA) is 58.0 Å². The van der Waals surface area contributed by atoms with E-state index in [1.54, 1.807) is 0 Å². The molecule has 4 rings (SSSR count). The maximum Gasteiger partial charge on any atom is 0.108 e. The molecule has 1 saturated heterocycles. The van der Waals surface area contributed by atoms with Crippen molar-refractivity contribution in [2.24, 2.45) is 0 Å². The van der Waals surface area contributed by atoms with E-state index in [4.69, 9.17) is 4.63 Å². The molecule has 1 aliphatic rings. The monoisotopic (exact) mass is 310 g/mol. The molecule has 1 N–H and O–H groups in total. The van der Waals surface area contributed by atoms with Gasteiger partial charge in [0.15, 0.2) is 0 Å². The van der Waals surface area contributed by atoms with Gasteiger partial charge in [-0.3, -0.25) is 0 Å². The van der Waals surface area contributed by atoms with Gasteiger partial charge in [0.05, 0.1) is 0 Å². The Bertz CT molecular complexity index is 791. The lowest BCUT2D eigenvalue weighted by molar-refractivity contribution is 0.298. The Hall–Kier alpha value is -2.14. The molecule has 0 amide bonds. The highest BCUT2D eigenvalue weighted by molar-refractivity contribution is 5.83. The Labute approximate surface area is 135 Å². The van der Waals surface area contributed by atoms with Crippen molar-refractivity contribution in [3.05, 3.63) is 47.4 Å². The molecule has 5 nitrogen and oxygen atoms in total. The molecule has 1 fully saturated rings. The molecule has 0 saturated carbocycles. The number of para-hydroxylation sites is 1. The number of aromatic nitrogens is 3. The van der Waals surface area contributed by atoms with Crippen LogP contribution in [0, 0.1) is 6.92 Å². The van der Waals surface area contributed by atoms with Gasteiger partial charge in [0.25, 0.3) is 0 Å². The van der Waals surface area contributed by atoms with Crippen LogP contribution >= 0.6 is 0 Å². The van der Waals surface area contributed by atoms with E-state index in [2.05, 4.69) is 50.7 Å². The lowest BCUT2D eigenvalue weighted by atomic mass is 9.98. The molecule has 1 unspecified atom stereocenters. The first-order valence-electron chi connectivity index (χ1n) is 8.37. The first-order valence-corrected chi connectivity index (χ1v) is 8.37. The Morgan fingerprint density at radius 3 is 3.09 bits per heavy atom. The van der Waals surface area contributed by atoms with Crippen LogP contribution in [0.2, 0.25) is 0 Å². The number of fused-ring (bicyclic) bond motifs is 1. The lowest BCUT2D eigenvalue weighted by Crippen LogP contribution is -2.22. The second-order valence-electron chi connectivity index (χ2n) is 6.48. The molecule has 0 spiro atoms. The third-order valence-electron chi connectivity index (χ3n) is 4.97. The number of likely N-dealkylation sites (tertiary alicyclic amines) is 1. The van der Waals surface area contributed by atoms with Gasteiger partial charge in [-0.2, -0.15) is 0 Å². The summed E-state index contributed by atoms with van der Waals surface area (Å²) in [6, 6.07) is 8.59. The predicted molar refractivity (Wildman–Crippen MR) is 89.5 cm³/mol. The van der Waals surface area contributed by atoms with E-state index < -0.39 is 0 Å². The Morgan fingerprint density at radius 1 is 1.30 bits per heavy atom. The van der Waals surface area contributed by atoms with E-state index in [1.807, 2.05) is 6.92 Å². The number of nitrogens with zero attached hydrogens (tertiary/aromatic N) is 3. The minimum atomic E-state index is 0.640. The van der Waals surface area contributed by atoms with Crippen LogP contribution in [0.4, 0.5) is 0 Å². The SMILES string of the molecule is Cc1nonc1CCCN1CCC(c2c[nH]c3ccccc23)C1. The number of aryl methyl sites for hydroxylation is 2. The Kier molecular flexibility index (Phi) is 3.87. The molecule has 0 aliphatic carbocycles. The average Bonchev–Trinajstić information content (AvgIpc) is 3.27. The van der Waals surface area contributed by atoms with Crippen LogP contribution in [0.25, 0.3) is 10.9 Å². The minimum absolute atomic E-state index is 0.640. The van der Waals surface area contributed by atoms with Crippen molar-refractivity contribution < 1.29 is 4.63 Å². The molecular weight excluding hydrogens is 288 g/mol. The summed E-state index contributed by atoms with van der Waals surface area (Å²) >= 11 is 0. The van der Waals surface area contributed by atoms with Gasteiger partial charge in [-0.1, -0.05) is 28.5 Å². The highest BCUT2D eigenvalue weighted by atomic mass is 16.6. The van der Waals surface area contributed by atoms with Crippen molar-refractivity contribution in [3.8, 4) is 0 Å². The summed E-state index contributed by atoms with van der Waals surface area (Å²) in [5, 5.41) is 9.18. The summed E-state index contributed by atoms with van der Waals surface area (Å²) < 4.78 is 4.76. The van der Waals surface area contributed by atoms with Crippen LogP contribution in [0.1, 0.15) is 35.7 Å². The van der Waals surface area contributed by atoms with Gasteiger partial charge >= 0.3 is 0 Å². The largest absolute Gasteiger partial charge is 0.361 e. The highest BCUT2D eigenvalue weighted by Crippen LogP contribution is 2.32. The van der Waals surface area contributed by atoms with Gasteiger partial charge in [-0.05, 0) is 56.8 Å². The molecule has 2 aromatic heterocycles. The van der Waals surface area contributed by atoms with Gasteiger partial charge in [0.2, 0.25) is 0 Å². The average molecular weight is 310 g/mol. The minimum Gasteiger partial charge on any atom is -0.361 e. The van der Waals surface area contributed by atoms with Crippen molar-refractivity contribution in [2.75, 3.05) is 19.6 Å². The molecule has 3 aromatic rings. The number of aromatic amines is 1. The van der Waals surface area contributed by atoms with E-state index in [0.29, 0.717) is 5.92 Å². The van der Waals surface area contributed by atoms with Crippen molar-refractivity contribution >= 4 is 10.9 Å². The molecule has 0 radical (unpaired) electrons. The van der Waals surface area contributed by atoms with E-state index in [9.17, 15) is 0 Å². The first kappa shape index (κ1) is 14.5. The summed E-state index contributed by atoms with van der Waals surface area (Å²) in [6.45, 7) is 5.40. The second-order valence-corrected chi connectivity index (χ2v) is 6.48. The molecule has 120 valence electrons. The fraction of sp³-hybridized carbons (Fsp3) is 0.444. The van der Waals surface area contributed by atoms with E-state index >= 15 is 0 Å². The van der Waals surface area contributed by atoms with Crippen LogP contribution in [0.15, 0.2) is 35.1 Å². The second kappa shape index (κ2) is 6.16. The van der Waals surface area contributed by atoms with E-state index in [-0.39, 0.29) is 0 Å². The number of H-pyrrole nitrogens is 1. The van der Waals surface area contributed by atoms with Crippen LogP contribution in [0.3, 0.4) is 0 Å². The molecule has 1 aliphatic heterocycles. The number of hydrogen-bond donors (Lipinski definition) is 1. The lowest BCUT2D eigenvalue weighted by Gasteiger charge is -2.15. The number of rotatable bonds is 5. The van der Waals surface area contributed by atoms with Gasteiger partial charge in [-0.15, -0.1) is 0 Å². The van der Waals surface area contributed by atoms with Gasteiger partial charge in [0, 0.05) is 23.6 Å². The third-order valence-corrected chi connectivity index (χ3v) is 4.97. The fourth-order valence-corrected chi connectivity index (χ4v) is 3.67. The van der Waals surface area contributed by atoms with Crippen LogP contribution in [-0.4, -0.2) is 39.8 Å². The standard InChI is InChI=1S/C18H22N4O/c1-13-17(21-23-20-13)7-4-9-22-10-8-14(12-22)16-11-19-18-6-3-2-5-15(16)18/h2-3,5-6,11,14,19H,4,7-10,12H2,1H3. The number of benzene rings is 1. The van der Waals surface area contributed by atoms with Crippen molar-refractivity contribution in [1.29, 1.82) is 0 Å². The van der Waals surface area contributed by atoms with E-state index in [0.717, 1.165) is 37.3 Å². The first-order chi connectivity index (χ1) is 11.3. The molecule has 3 heterocycles. The van der Waals surface area contributed by atoms with Crippen molar-refractivity contribution in [1.82, 2.24) is 20.2 Å². The van der Waals surface area contributed by atoms with Crippen LogP contribution in [0.5, 0.6) is 0 Å². The molecule has 0 bridgehead atoms. The molecule has 5 heteroatoms. The molecule has 1 aromatic carbocycles. The predicted octanol–water partition coefficient (Wildman–Crippen LogP) is 3.28. The molecule has 23 heavy (non-hydrogen) atoms. The Balaban J connectivity index is 1.35. The van der Waals surface area contributed by atoms with Crippen molar-refractivity contribution in [2.45, 2.75) is 32.1 Å². The summed E-state index contributed by atoms with van der Waals surface area (Å²) in [4.78, 5) is 5.97. The quantitative estimate of drug-likeness (QED) is 0.785. The molecular formula is C18H22N4O. The van der Waals surface area contributed by atoms with Gasteiger partial charge < -0.3 is 9.88 Å². The Morgan fingerprint density at radius 2 is 2.22 bits per heavy atom. The van der Waals surface area contributed by atoms with Gasteiger partial charge in [0.1, 0.15) is 11.4 Å².